The molecular formula is C5H7F4NaO5S. The van der Waals surface area contributed by atoms with Crippen LogP contribution in [0.5, 0.6) is 0 Å². The van der Waals surface area contributed by atoms with Gasteiger partial charge in [-0.15, -0.1) is 19.2 Å². The Labute approximate surface area is 112 Å². The second-order valence-corrected chi connectivity index (χ2v) is 2.01. The Bertz CT molecular complexity index is 246. The molecule has 1 N–H and O–H groups in total. The quantitative estimate of drug-likeness (QED) is 0.346. The van der Waals surface area contributed by atoms with Crippen LogP contribution in [0.3, 0.4) is 0 Å². The van der Waals surface area contributed by atoms with E-state index in [4.69, 9.17) is 17.7 Å². The van der Waals surface area contributed by atoms with E-state index in [-0.39, 0.29) is 36.2 Å². The smallest absolute Gasteiger partial charge is 0.561 e. The third-order valence-corrected chi connectivity index (χ3v) is 0.420. The largest absolute Gasteiger partial charge is 1.00 e. The second kappa shape index (κ2) is 17.4. The van der Waals surface area contributed by atoms with Crippen molar-refractivity contribution < 1.29 is 69.6 Å². The average Bonchev–Trinajstić information content (AvgIpc) is 2.04. The summed E-state index contributed by atoms with van der Waals surface area (Å²) in [6.45, 7) is 0.685. The van der Waals surface area contributed by atoms with E-state index in [0.29, 0.717) is 0 Å². The summed E-state index contributed by atoms with van der Waals surface area (Å²) in [5.41, 5.74) is 0. The Morgan fingerprint density at radius 3 is 1.31 bits per heavy atom. The summed E-state index contributed by atoms with van der Waals surface area (Å²) < 4.78 is 67.9. The van der Waals surface area contributed by atoms with Gasteiger partial charge in [0.15, 0.2) is 5.78 Å². The molecule has 0 bridgehead atoms. The molecule has 0 aliphatic heterocycles. The number of carbonyl (C=O) groups excluding carboxylic acids is 1. The number of rotatable bonds is 2. The normalized spacial score (nSPS) is 8.00. The monoisotopic (exact) mass is 278 g/mol. The van der Waals surface area contributed by atoms with Crippen LogP contribution < -0.4 is 29.6 Å². The molecule has 0 saturated heterocycles. The summed E-state index contributed by atoms with van der Waals surface area (Å²) >= 11 is 0. The van der Waals surface area contributed by atoms with Gasteiger partial charge >= 0.3 is 40.2 Å². The van der Waals surface area contributed by atoms with E-state index in [1.165, 1.54) is 0 Å². The zero-order valence-corrected chi connectivity index (χ0v) is 11.0. The number of alkyl halides is 4. The van der Waals surface area contributed by atoms with Crippen molar-refractivity contribution in [2.45, 2.75) is 19.8 Å². The Morgan fingerprint density at radius 1 is 1.19 bits per heavy atom. The molecule has 0 radical (unpaired) electrons. The number of aliphatic hydroxyl groups excluding tert-OH is 1. The maximum atomic E-state index is 10.8. The molecule has 11 heteroatoms. The zero-order chi connectivity index (χ0) is 13.0. The molecule has 0 spiro atoms. The van der Waals surface area contributed by atoms with Gasteiger partial charge in [0, 0.05) is 6.92 Å². The van der Waals surface area contributed by atoms with E-state index in [2.05, 4.69) is 0 Å². The van der Waals surface area contributed by atoms with E-state index < -0.39 is 29.2 Å². The van der Waals surface area contributed by atoms with Crippen LogP contribution in [-0.4, -0.2) is 36.4 Å². The third-order valence-electron chi connectivity index (χ3n) is 0.420. The van der Waals surface area contributed by atoms with Gasteiger partial charge < -0.3 is 5.11 Å². The number of ketones is 1. The molecule has 92 valence electrons. The predicted molar refractivity (Wildman–Crippen MR) is 38.6 cm³/mol. The van der Waals surface area contributed by atoms with E-state index in [1.807, 2.05) is 0 Å². The topological polar surface area (TPSA) is 88.5 Å². The molecule has 0 rings (SSSR count). The molecule has 0 saturated carbocycles. The first kappa shape index (κ1) is 25.0. The van der Waals surface area contributed by atoms with Gasteiger partial charge in [0.25, 0.3) is 6.43 Å². The zero-order valence-electron chi connectivity index (χ0n) is 8.23. The van der Waals surface area contributed by atoms with Crippen molar-refractivity contribution in [2.24, 2.45) is 0 Å². The Hall–Kier alpha value is -0.0300. The van der Waals surface area contributed by atoms with Crippen LogP contribution in [0.1, 0.15) is 6.92 Å². The number of halogens is 4. The Balaban J connectivity index is -0.0000000668. The first-order valence-corrected chi connectivity index (χ1v) is 3.96. The summed E-state index contributed by atoms with van der Waals surface area (Å²) in [7, 11) is -3.11. The number of Topliss-reactive ketones (excluding diaryl/α,β-unsaturated/α-hetero) is 1. The predicted octanol–water partition coefficient (Wildman–Crippen LogP) is -2.37. The number of aliphatic hydroxyl groups is 1. The molecule has 0 unspecified atom stereocenters. The first-order valence-electron chi connectivity index (χ1n) is 2.96. The van der Waals surface area contributed by atoms with Crippen LogP contribution in [0.4, 0.5) is 17.6 Å². The van der Waals surface area contributed by atoms with Crippen molar-refractivity contribution in [1.82, 2.24) is 0 Å². The third kappa shape index (κ3) is 65.9. The molecule has 0 aliphatic rings. The minimum atomic E-state index is -3.11. The summed E-state index contributed by atoms with van der Waals surface area (Å²) in [6, 6.07) is 0. The molecule has 0 amide bonds. The van der Waals surface area contributed by atoms with Gasteiger partial charge in [0.1, 0.15) is 6.43 Å². The summed E-state index contributed by atoms with van der Waals surface area (Å²) in [5.74, 6) is -1.07. The van der Waals surface area contributed by atoms with Gasteiger partial charge in [-0.05, 0) is 0 Å². The van der Waals surface area contributed by atoms with Gasteiger partial charge in [0.05, 0.1) is 0 Å². The minimum Gasteiger partial charge on any atom is -0.561 e. The molecule has 0 atom stereocenters. The van der Waals surface area contributed by atoms with Crippen LogP contribution in [0.2, 0.25) is 0 Å². The van der Waals surface area contributed by atoms with Gasteiger partial charge in [-0.1, -0.05) is 0 Å². The molecule has 0 aliphatic carbocycles. The molecular weight excluding hydrogens is 271 g/mol. The molecule has 16 heavy (non-hydrogen) atoms. The maximum absolute atomic E-state index is 10.8. The average molecular weight is 278 g/mol. The van der Waals surface area contributed by atoms with Crippen molar-refractivity contribution in [2.75, 3.05) is 0 Å². The van der Waals surface area contributed by atoms with E-state index in [1.54, 1.807) is 0 Å². The van der Waals surface area contributed by atoms with Gasteiger partial charge in [-0.3, -0.25) is 4.79 Å². The Kier molecular flexibility index (Phi) is 27.1. The summed E-state index contributed by atoms with van der Waals surface area (Å²) in [5, 5.41) is 7.27. The minimum absolute atomic E-state index is 0. The van der Waals surface area contributed by atoms with Gasteiger partial charge in [-0.2, -0.15) is 0 Å². The second-order valence-electron chi connectivity index (χ2n) is 1.60. The van der Waals surface area contributed by atoms with Crippen LogP contribution in [0.25, 0.3) is 0 Å². The van der Waals surface area contributed by atoms with Crippen LogP contribution in [0.15, 0.2) is 0 Å². The van der Waals surface area contributed by atoms with Gasteiger partial charge in [0.2, 0.25) is 0 Å². The molecule has 0 aromatic carbocycles. The fourth-order valence-electron chi connectivity index (χ4n) is 0. The van der Waals surface area contributed by atoms with Gasteiger partial charge in [-0.25, -0.2) is 17.6 Å². The first-order chi connectivity index (χ1) is 6.64. The fourth-order valence-corrected chi connectivity index (χ4v) is 0. The number of carbonyl (C=O) groups is 1. The van der Waals surface area contributed by atoms with Crippen LogP contribution >= 0.6 is 0 Å². The SMILES string of the molecule is CC(=O)C(F)F.O=S(=O)=O.O[CH-]C(F)F.[Na+]. The van der Waals surface area contributed by atoms with Crippen molar-refractivity contribution in [3.05, 3.63) is 6.61 Å². The Morgan fingerprint density at radius 2 is 1.31 bits per heavy atom. The van der Waals surface area contributed by atoms with E-state index >= 15 is 0 Å². The van der Waals surface area contributed by atoms with Crippen molar-refractivity contribution in [3.8, 4) is 0 Å². The molecule has 5 nitrogen and oxygen atoms in total. The van der Waals surface area contributed by atoms with Crippen LogP contribution in [0, 0.1) is 6.61 Å². The molecule has 0 fully saturated rings. The molecule has 0 aromatic heterocycles. The fraction of sp³-hybridized carbons (Fsp3) is 0.600. The van der Waals surface area contributed by atoms with Crippen molar-refractivity contribution >= 4 is 16.4 Å². The van der Waals surface area contributed by atoms with E-state index in [9.17, 15) is 22.4 Å². The van der Waals surface area contributed by atoms with Crippen molar-refractivity contribution in [1.29, 1.82) is 0 Å². The number of hydrogen-bond donors (Lipinski definition) is 1. The maximum Gasteiger partial charge on any atom is 1.00 e. The molecule has 0 heterocycles. The van der Waals surface area contributed by atoms with Crippen LogP contribution in [-0.2, 0) is 15.4 Å². The molecule has 0 aromatic rings. The van der Waals surface area contributed by atoms with E-state index in [0.717, 1.165) is 6.92 Å². The summed E-state index contributed by atoms with van der Waals surface area (Å²) in [4.78, 5) is 9.39. The number of hydrogen-bond acceptors (Lipinski definition) is 5. The standard InChI is InChI=1S/C3H4F2O.C2H3F2O.Na.O3S/c1-2(6)3(4)5;3-2(4)1-5;;1-4(2)3/h3H,1H3;1-2,5H;;/q;-1;+1;. The summed E-state index contributed by atoms with van der Waals surface area (Å²) in [6.07, 6.45) is -5.47. The van der Waals surface area contributed by atoms with Crippen molar-refractivity contribution in [3.63, 3.8) is 0 Å².